The maximum absolute atomic E-state index is 12.1. The molecule has 1 aromatic carbocycles. The summed E-state index contributed by atoms with van der Waals surface area (Å²) in [7, 11) is 0. The Morgan fingerprint density at radius 2 is 2.09 bits per heavy atom. The molecule has 3 N–H and O–H groups in total. The molecule has 23 heavy (non-hydrogen) atoms. The highest BCUT2D eigenvalue weighted by molar-refractivity contribution is 5.89. The van der Waals surface area contributed by atoms with E-state index in [2.05, 4.69) is 28.1 Å². The van der Waals surface area contributed by atoms with Gasteiger partial charge >= 0.3 is 12.1 Å². The molecule has 0 saturated carbocycles. The second kappa shape index (κ2) is 6.89. The lowest BCUT2D eigenvalue weighted by Gasteiger charge is -2.17. The van der Waals surface area contributed by atoms with Gasteiger partial charge in [-0.1, -0.05) is 6.07 Å². The third-order valence-corrected chi connectivity index (χ3v) is 4.50. The number of nitrogens with zero attached hydrogens (tertiary/aromatic N) is 1. The van der Waals surface area contributed by atoms with Crippen LogP contribution in [-0.2, 0) is 12.8 Å². The topological polar surface area (TPSA) is 73.5 Å². The van der Waals surface area contributed by atoms with Crippen LogP contribution in [0.3, 0.4) is 0 Å². The summed E-state index contributed by atoms with van der Waals surface area (Å²) in [5.74, 6) is 0. The summed E-state index contributed by atoms with van der Waals surface area (Å²) in [6.07, 6.45) is 4.22. The van der Waals surface area contributed by atoms with Crippen molar-refractivity contribution in [3.63, 3.8) is 0 Å². The minimum absolute atomic E-state index is 0.00651. The number of carbonyl (C=O) groups is 2. The van der Waals surface area contributed by atoms with Gasteiger partial charge in [0, 0.05) is 31.4 Å². The molecule has 0 radical (unpaired) electrons. The lowest BCUT2D eigenvalue weighted by molar-refractivity contribution is 0.208. The minimum Gasteiger partial charge on any atom is -0.338 e. The number of fused-ring (bicyclic) bond motifs is 1. The Morgan fingerprint density at radius 3 is 2.91 bits per heavy atom. The second-order valence-electron chi connectivity index (χ2n) is 6.20. The highest BCUT2D eigenvalue weighted by atomic mass is 16.2. The number of likely N-dealkylation sites (tertiary alicyclic amines) is 1. The average Bonchev–Trinajstić information content (AvgIpc) is 3.15. The van der Waals surface area contributed by atoms with Crippen molar-refractivity contribution in [2.24, 2.45) is 0 Å². The number of amides is 4. The summed E-state index contributed by atoms with van der Waals surface area (Å²) in [5.41, 5.74) is 3.57. The Labute approximate surface area is 136 Å². The van der Waals surface area contributed by atoms with Crippen LogP contribution in [0.4, 0.5) is 15.3 Å². The zero-order chi connectivity index (χ0) is 16.2. The Morgan fingerprint density at radius 1 is 1.26 bits per heavy atom. The Balaban J connectivity index is 1.49. The largest absolute Gasteiger partial charge is 0.338 e. The first kappa shape index (κ1) is 15.6. The molecule has 0 spiro atoms. The van der Waals surface area contributed by atoms with E-state index in [1.165, 1.54) is 17.5 Å². The predicted octanol–water partition coefficient (Wildman–Crippen LogP) is 2.10. The first-order valence-corrected chi connectivity index (χ1v) is 8.38. The van der Waals surface area contributed by atoms with Gasteiger partial charge in [-0.3, -0.25) is 0 Å². The van der Waals surface area contributed by atoms with Gasteiger partial charge in [-0.15, -0.1) is 0 Å². The number of nitrogens with one attached hydrogen (secondary N) is 3. The molecule has 0 unspecified atom stereocenters. The van der Waals surface area contributed by atoms with Crippen molar-refractivity contribution in [3.8, 4) is 0 Å². The van der Waals surface area contributed by atoms with Crippen molar-refractivity contribution in [3.05, 3.63) is 29.3 Å². The maximum Gasteiger partial charge on any atom is 0.319 e. The molecule has 2 aliphatic rings. The van der Waals surface area contributed by atoms with Crippen LogP contribution in [0, 0.1) is 0 Å². The number of urea groups is 2. The molecular formula is C17H24N4O2. The van der Waals surface area contributed by atoms with Gasteiger partial charge in [0.05, 0.1) is 0 Å². The van der Waals surface area contributed by atoms with Gasteiger partial charge in [0.15, 0.2) is 0 Å². The normalized spacial score (nSPS) is 19.3. The first-order valence-electron chi connectivity index (χ1n) is 8.38. The Kier molecular flexibility index (Phi) is 4.69. The minimum atomic E-state index is -0.203. The molecule has 1 saturated heterocycles. The van der Waals surface area contributed by atoms with E-state index in [9.17, 15) is 9.59 Å². The van der Waals surface area contributed by atoms with E-state index in [-0.39, 0.29) is 18.1 Å². The van der Waals surface area contributed by atoms with Crippen LogP contribution in [0.15, 0.2) is 18.2 Å². The predicted molar refractivity (Wildman–Crippen MR) is 89.7 cm³/mol. The van der Waals surface area contributed by atoms with Crippen LogP contribution in [0.5, 0.6) is 0 Å². The number of anilines is 1. The monoisotopic (exact) mass is 316 g/mol. The molecular weight excluding hydrogens is 292 g/mol. The molecule has 1 aliphatic carbocycles. The SMILES string of the molecule is CCNC(=O)N1CC[C@H](NC(=O)Nc2ccc3c(c2)CCC3)C1. The quantitative estimate of drug-likeness (QED) is 0.799. The summed E-state index contributed by atoms with van der Waals surface area (Å²) in [6, 6.07) is 5.87. The zero-order valence-corrected chi connectivity index (χ0v) is 13.5. The molecule has 4 amide bonds. The fourth-order valence-corrected chi connectivity index (χ4v) is 3.33. The van der Waals surface area contributed by atoms with Crippen molar-refractivity contribution in [2.75, 3.05) is 25.0 Å². The van der Waals surface area contributed by atoms with Crippen LogP contribution < -0.4 is 16.0 Å². The highest BCUT2D eigenvalue weighted by Crippen LogP contribution is 2.24. The van der Waals surface area contributed by atoms with E-state index in [1.54, 1.807) is 4.90 Å². The number of rotatable bonds is 3. The van der Waals surface area contributed by atoms with Crippen LogP contribution in [0.25, 0.3) is 0 Å². The van der Waals surface area contributed by atoms with Crippen molar-refractivity contribution >= 4 is 17.7 Å². The number of carbonyl (C=O) groups excluding carboxylic acids is 2. The third kappa shape index (κ3) is 3.75. The number of hydrogen-bond donors (Lipinski definition) is 3. The van der Waals surface area contributed by atoms with Crippen LogP contribution in [0.1, 0.15) is 30.9 Å². The molecule has 1 aliphatic heterocycles. The van der Waals surface area contributed by atoms with E-state index in [1.807, 2.05) is 13.0 Å². The van der Waals surface area contributed by atoms with E-state index in [0.717, 1.165) is 24.9 Å². The van der Waals surface area contributed by atoms with Gasteiger partial charge in [0.2, 0.25) is 0 Å². The number of hydrogen-bond acceptors (Lipinski definition) is 2. The summed E-state index contributed by atoms with van der Waals surface area (Å²) >= 11 is 0. The van der Waals surface area contributed by atoms with Gasteiger partial charge in [-0.05, 0) is 55.9 Å². The van der Waals surface area contributed by atoms with E-state index < -0.39 is 0 Å². The van der Waals surface area contributed by atoms with Gasteiger partial charge in [-0.25, -0.2) is 9.59 Å². The highest BCUT2D eigenvalue weighted by Gasteiger charge is 2.27. The average molecular weight is 316 g/mol. The van der Waals surface area contributed by atoms with E-state index in [0.29, 0.717) is 19.6 Å². The molecule has 1 aromatic rings. The Bertz CT molecular complexity index is 602. The lowest BCUT2D eigenvalue weighted by atomic mass is 10.1. The van der Waals surface area contributed by atoms with Gasteiger partial charge < -0.3 is 20.9 Å². The third-order valence-electron chi connectivity index (χ3n) is 4.50. The van der Waals surface area contributed by atoms with E-state index in [4.69, 9.17) is 0 Å². The molecule has 6 heteroatoms. The molecule has 1 fully saturated rings. The van der Waals surface area contributed by atoms with Crippen molar-refractivity contribution < 1.29 is 9.59 Å². The molecule has 3 rings (SSSR count). The summed E-state index contributed by atoms with van der Waals surface area (Å²) in [5, 5.41) is 8.63. The van der Waals surface area contributed by atoms with Crippen LogP contribution in [-0.4, -0.2) is 42.6 Å². The molecule has 1 heterocycles. The smallest absolute Gasteiger partial charge is 0.319 e. The lowest BCUT2D eigenvalue weighted by Crippen LogP contribution is -2.43. The number of benzene rings is 1. The van der Waals surface area contributed by atoms with Crippen LogP contribution in [0.2, 0.25) is 0 Å². The van der Waals surface area contributed by atoms with Gasteiger partial charge in [0.25, 0.3) is 0 Å². The summed E-state index contributed by atoms with van der Waals surface area (Å²) < 4.78 is 0. The molecule has 6 nitrogen and oxygen atoms in total. The standard InChI is InChI=1S/C17H24N4O2/c1-2-18-17(23)21-9-8-15(11-21)20-16(22)19-14-7-6-12-4-3-5-13(12)10-14/h6-7,10,15H,2-5,8-9,11H2,1H3,(H,18,23)(H2,19,20,22)/t15-/m0/s1. The van der Waals surface area contributed by atoms with Crippen molar-refractivity contribution in [1.29, 1.82) is 0 Å². The molecule has 124 valence electrons. The summed E-state index contributed by atoms with van der Waals surface area (Å²) in [4.78, 5) is 25.6. The fraction of sp³-hybridized carbons (Fsp3) is 0.529. The second-order valence-corrected chi connectivity index (χ2v) is 6.20. The van der Waals surface area contributed by atoms with E-state index >= 15 is 0 Å². The zero-order valence-electron chi connectivity index (χ0n) is 13.5. The van der Waals surface area contributed by atoms with Gasteiger partial charge in [-0.2, -0.15) is 0 Å². The molecule has 0 aromatic heterocycles. The van der Waals surface area contributed by atoms with Crippen molar-refractivity contribution in [2.45, 2.75) is 38.6 Å². The molecule has 1 atom stereocenters. The van der Waals surface area contributed by atoms with Crippen LogP contribution >= 0.6 is 0 Å². The fourth-order valence-electron chi connectivity index (χ4n) is 3.33. The van der Waals surface area contributed by atoms with Crippen molar-refractivity contribution in [1.82, 2.24) is 15.5 Å². The Hall–Kier alpha value is -2.24. The maximum atomic E-state index is 12.1. The number of aryl methyl sites for hydroxylation is 2. The summed E-state index contributed by atoms with van der Waals surface area (Å²) in [6.45, 7) is 3.75. The first-order chi connectivity index (χ1) is 11.2. The molecule has 0 bridgehead atoms. The van der Waals surface area contributed by atoms with Gasteiger partial charge in [0.1, 0.15) is 0 Å².